The smallest absolute Gasteiger partial charge is 0.225 e. The molecule has 0 spiro atoms. The van der Waals surface area contributed by atoms with Crippen molar-refractivity contribution in [1.29, 1.82) is 0 Å². The summed E-state index contributed by atoms with van der Waals surface area (Å²) >= 11 is 0. The monoisotopic (exact) mass is 278 g/mol. The van der Waals surface area contributed by atoms with Gasteiger partial charge in [-0.3, -0.25) is 9.59 Å². The van der Waals surface area contributed by atoms with Gasteiger partial charge in [0.05, 0.1) is 0 Å². The predicted molar refractivity (Wildman–Crippen MR) is 77.1 cm³/mol. The Hall–Kier alpha value is -1.06. The third-order valence-corrected chi connectivity index (χ3v) is 5.06. The number of carbonyl (C=O) groups is 2. The number of nitrogens with zero attached hydrogens (tertiary/aromatic N) is 2. The molecule has 2 amide bonds. The van der Waals surface area contributed by atoms with Gasteiger partial charge in [0.15, 0.2) is 0 Å². The number of hydrogen-bond donors (Lipinski definition) is 0. The van der Waals surface area contributed by atoms with E-state index in [9.17, 15) is 9.59 Å². The fourth-order valence-corrected chi connectivity index (χ4v) is 3.53. The molecule has 0 aromatic rings. The van der Waals surface area contributed by atoms with Gasteiger partial charge in [-0.1, -0.05) is 19.3 Å². The molecule has 3 fully saturated rings. The average molecular weight is 278 g/mol. The summed E-state index contributed by atoms with van der Waals surface area (Å²) in [6.45, 7) is 2.96. The third kappa shape index (κ3) is 3.33. The van der Waals surface area contributed by atoms with Crippen molar-refractivity contribution in [3.8, 4) is 0 Å². The summed E-state index contributed by atoms with van der Waals surface area (Å²) in [5.74, 6) is 1.56. The van der Waals surface area contributed by atoms with E-state index in [0.29, 0.717) is 23.7 Å². The summed E-state index contributed by atoms with van der Waals surface area (Å²) in [6, 6.07) is 0. The number of rotatable bonds is 3. The van der Waals surface area contributed by atoms with Crippen LogP contribution in [0.2, 0.25) is 0 Å². The van der Waals surface area contributed by atoms with Crippen molar-refractivity contribution in [2.75, 3.05) is 26.2 Å². The first-order chi connectivity index (χ1) is 9.74. The molecule has 4 nitrogen and oxygen atoms in total. The Balaban J connectivity index is 1.42. The lowest BCUT2D eigenvalue weighted by Gasteiger charge is -2.36. The Morgan fingerprint density at radius 3 is 2.00 bits per heavy atom. The molecular formula is C16H26N2O2. The van der Waals surface area contributed by atoms with Crippen molar-refractivity contribution >= 4 is 11.8 Å². The second-order valence-corrected chi connectivity index (χ2v) is 6.69. The predicted octanol–water partition coefficient (Wildman–Crippen LogP) is 2.04. The molecule has 1 heterocycles. The van der Waals surface area contributed by atoms with Crippen LogP contribution in [-0.2, 0) is 9.59 Å². The summed E-state index contributed by atoms with van der Waals surface area (Å²) < 4.78 is 0. The maximum atomic E-state index is 12.3. The van der Waals surface area contributed by atoms with Crippen LogP contribution in [-0.4, -0.2) is 47.8 Å². The van der Waals surface area contributed by atoms with E-state index in [1.165, 1.54) is 32.1 Å². The Labute approximate surface area is 121 Å². The van der Waals surface area contributed by atoms with E-state index in [4.69, 9.17) is 0 Å². The van der Waals surface area contributed by atoms with Gasteiger partial charge in [-0.15, -0.1) is 0 Å². The lowest BCUT2D eigenvalue weighted by atomic mass is 9.86. The molecule has 0 radical (unpaired) electrons. The van der Waals surface area contributed by atoms with E-state index in [2.05, 4.69) is 0 Å². The SMILES string of the molecule is O=C(CC1CCCCC1)N1CCN(C(=O)C2CC2)CC1. The van der Waals surface area contributed by atoms with Crippen LogP contribution in [0.4, 0.5) is 0 Å². The number of piperazine rings is 1. The van der Waals surface area contributed by atoms with Crippen LogP contribution in [0.25, 0.3) is 0 Å². The molecule has 0 aromatic heterocycles. The molecule has 1 saturated heterocycles. The molecule has 0 aromatic carbocycles. The summed E-state index contributed by atoms with van der Waals surface area (Å²) in [4.78, 5) is 28.2. The zero-order valence-electron chi connectivity index (χ0n) is 12.4. The van der Waals surface area contributed by atoms with Gasteiger partial charge in [-0.05, 0) is 31.6 Å². The van der Waals surface area contributed by atoms with E-state index >= 15 is 0 Å². The van der Waals surface area contributed by atoms with Gasteiger partial charge in [0.1, 0.15) is 0 Å². The van der Waals surface area contributed by atoms with Crippen LogP contribution in [0, 0.1) is 11.8 Å². The van der Waals surface area contributed by atoms with Crippen molar-refractivity contribution in [3.05, 3.63) is 0 Å². The van der Waals surface area contributed by atoms with Gasteiger partial charge >= 0.3 is 0 Å². The molecule has 0 N–H and O–H groups in total. The molecule has 3 aliphatic rings. The Bertz CT molecular complexity index is 365. The Kier molecular flexibility index (Phi) is 4.27. The highest BCUT2D eigenvalue weighted by atomic mass is 16.2. The third-order valence-electron chi connectivity index (χ3n) is 5.06. The first kappa shape index (κ1) is 13.9. The zero-order chi connectivity index (χ0) is 13.9. The second-order valence-electron chi connectivity index (χ2n) is 6.69. The van der Waals surface area contributed by atoms with Gasteiger partial charge in [0.25, 0.3) is 0 Å². The molecule has 3 rings (SSSR count). The molecule has 2 saturated carbocycles. The van der Waals surface area contributed by atoms with Gasteiger partial charge in [0, 0.05) is 38.5 Å². The molecule has 0 unspecified atom stereocenters. The number of amides is 2. The van der Waals surface area contributed by atoms with Crippen molar-refractivity contribution in [2.45, 2.75) is 51.4 Å². The minimum absolute atomic E-state index is 0.305. The first-order valence-corrected chi connectivity index (χ1v) is 8.30. The summed E-state index contributed by atoms with van der Waals surface area (Å²) in [6.07, 6.45) is 9.25. The van der Waals surface area contributed by atoms with Crippen molar-refractivity contribution in [1.82, 2.24) is 9.80 Å². The second kappa shape index (κ2) is 6.15. The lowest BCUT2D eigenvalue weighted by molar-refractivity contribution is -0.140. The molecule has 0 atom stereocenters. The van der Waals surface area contributed by atoms with Crippen molar-refractivity contribution in [2.24, 2.45) is 11.8 Å². The average Bonchev–Trinajstić information content (AvgIpc) is 3.32. The Morgan fingerprint density at radius 1 is 0.800 bits per heavy atom. The van der Waals surface area contributed by atoms with Crippen LogP contribution in [0.3, 0.4) is 0 Å². The van der Waals surface area contributed by atoms with Crippen molar-refractivity contribution < 1.29 is 9.59 Å². The molecule has 20 heavy (non-hydrogen) atoms. The van der Waals surface area contributed by atoms with Gasteiger partial charge in [-0.25, -0.2) is 0 Å². The number of hydrogen-bond acceptors (Lipinski definition) is 2. The minimum atomic E-state index is 0.305. The van der Waals surface area contributed by atoms with Gasteiger partial charge in [-0.2, -0.15) is 0 Å². The number of carbonyl (C=O) groups excluding carboxylic acids is 2. The van der Waals surface area contributed by atoms with E-state index in [0.717, 1.165) is 45.4 Å². The van der Waals surface area contributed by atoms with Crippen LogP contribution >= 0.6 is 0 Å². The molecule has 112 valence electrons. The molecular weight excluding hydrogens is 252 g/mol. The van der Waals surface area contributed by atoms with Crippen LogP contribution < -0.4 is 0 Å². The summed E-state index contributed by atoms with van der Waals surface area (Å²) in [5.41, 5.74) is 0. The van der Waals surface area contributed by atoms with Crippen LogP contribution in [0.15, 0.2) is 0 Å². The minimum Gasteiger partial charge on any atom is -0.339 e. The van der Waals surface area contributed by atoms with Gasteiger partial charge < -0.3 is 9.80 Å². The van der Waals surface area contributed by atoms with E-state index < -0.39 is 0 Å². The van der Waals surface area contributed by atoms with Crippen LogP contribution in [0.5, 0.6) is 0 Å². The zero-order valence-corrected chi connectivity index (χ0v) is 12.4. The quantitative estimate of drug-likeness (QED) is 0.792. The Morgan fingerprint density at radius 2 is 1.40 bits per heavy atom. The maximum Gasteiger partial charge on any atom is 0.225 e. The highest BCUT2D eigenvalue weighted by molar-refractivity contribution is 5.81. The maximum absolute atomic E-state index is 12.3. The molecule has 0 bridgehead atoms. The highest BCUT2D eigenvalue weighted by Gasteiger charge is 2.35. The van der Waals surface area contributed by atoms with Gasteiger partial charge in [0.2, 0.25) is 11.8 Å². The lowest BCUT2D eigenvalue weighted by Crippen LogP contribution is -2.51. The van der Waals surface area contributed by atoms with Crippen molar-refractivity contribution in [3.63, 3.8) is 0 Å². The fraction of sp³-hybridized carbons (Fsp3) is 0.875. The highest BCUT2D eigenvalue weighted by Crippen LogP contribution is 2.31. The fourth-order valence-electron chi connectivity index (χ4n) is 3.53. The molecule has 1 aliphatic heterocycles. The topological polar surface area (TPSA) is 40.6 Å². The van der Waals surface area contributed by atoms with E-state index in [-0.39, 0.29) is 0 Å². The summed E-state index contributed by atoms with van der Waals surface area (Å²) in [5, 5.41) is 0. The molecule has 2 aliphatic carbocycles. The normalized spacial score (nSPS) is 24.8. The summed E-state index contributed by atoms with van der Waals surface area (Å²) in [7, 11) is 0. The van der Waals surface area contributed by atoms with Crippen LogP contribution in [0.1, 0.15) is 51.4 Å². The first-order valence-electron chi connectivity index (χ1n) is 8.30. The van der Waals surface area contributed by atoms with E-state index in [1.807, 2.05) is 9.80 Å². The van der Waals surface area contributed by atoms with E-state index in [1.54, 1.807) is 0 Å². The largest absolute Gasteiger partial charge is 0.339 e. The standard InChI is InChI=1S/C16H26N2O2/c19-15(12-13-4-2-1-3-5-13)17-8-10-18(11-9-17)16(20)14-6-7-14/h13-14H,1-12H2. The molecule has 4 heteroatoms.